The summed E-state index contributed by atoms with van der Waals surface area (Å²) in [5.41, 5.74) is -1.19. The van der Waals surface area contributed by atoms with E-state index >= 15 is 0 Å². The van der Waals surface area contributed by atoms with Crippen molar-refractivity contribution >= 4 is 5.97 Å². The van der Waals surface area contributed by atoms with Crippen molar-refractivity contribution in [1.82, 2.24) is 14.9 Å². The maximum atomic E-state index is 12.8. The number of aliphatic carboxylic acids is 1. The van der Waals surface area contributed by atoms with Crippen LogP contribution in [0.3, 0.4) is 0 Å². The van der Waals surface area contributed by atoms with Gasteiger partial charge in [-0.25, -0.2) is 9.59 Å². The lowest BCUT2D eigenvalue weighted by molar-refractivity contribution is -0.194. The first-order valence-corrected chi connectivity index (χ1v) is 11.5. The second kappa shape index (κ2) is 11.0. The average Bonchev–Trinajstić information content (AvgIpc) is 3.20. The highest BCUT2D eigenvalue weighted by Crippen LogP contribution is 2.40. The summed E-state index contributed by atoms with van der Waals surface area (Å²) in [6.45, 7) is 1.50. The molecule has 0 unspecified atom stereocenters. The molecule has 1 saturated heterocycles. The van der Waals surface area contributed by atoms with E-state index in [0.29, 0.717) is 0 Å². The van der Waals surface area contributed by atoms with E-state index in [9.17, 15) is 19.5 Å². The number of H-pyrrole nitrogens is 1. The number of carboxylic acid groups (broad SMARTS) is 1. The number of carbonyl (C=O) groups is 1. The smallest absolute Gasteiger partial charge is 0.341 e. The Balaban J connectivity index is 1.70. The fraction of sp³-hybridized carbons (Fsp3) is 0.346. The molecule has 0 amide bonds. The number of benzene rings is 2. The van der Waals surface area contributed by atoms with Crippen molar-refractivity contribution in [1.29, 1.82) is 0 Å². The van der Waals surface area contributed by atoms with Crippen molar-refractivity contribution in [2.24, 2.45) is 0 Å². The predicted octanol–water partition coefficient (Wildman–Crippen LogP) is 1.59. The van der Waals surface area contributed by atoms with Crippen molar-refractivity contribution in [3.8, 4) is 0 Å². The molecule has 1 aliphatic heterocycles. The minimum absolute atomic E-state index is 0.118. The molecule has 190 valence electrons. The Bertz CT molecular complexity index is 1290. The van der Waals surface area contributed by atoms with Crippen LogP contribution in [0.15, 0.2) is 76.4 Å². The second-order valence-corrected chi connectivity index (χ2v) is 8.69. The molecule has 0 saturated carbocycles. The van der Waals surface area contributed by atoms with Crippen LogP contribution in [0.1, 0.15) is 22.9 Å². The molecular formula is C26H29N3O7. The van der Waals surface area contributed by atoms with E-state index < -0.39 is 41.2 Å². The van der Waals surface area contributed by atoms with E-state index in [4.69, 9.17) is 14.2 Å². The Morgan fingerprint density at radius 1 is 1.08 bits per heavy atom. The molecule has 0 aliphatic carbocycles. The lowest BCUT2D eigenvalue weighted by Crippen LogP contribution is -2.56. The van der Waals surface area contributed by atoms with Gasteiger partial charge in [-0.1, -0.05) is 60.7 Å². The first-order chi connectivity index (χ1) is 17.4. The molecule has 0 radical (unpaired) electrons. The van der Waals surface area contributed by atoms with Crippen LogP contribution in [-0.2, 0) is 32.2 Å². The molecule has 1 aromatic heterocycles. The fourth-order valence-corrected chi connectivity index (χ4v) is 4.34. The maximum Gasteiger partial charge on any atom is 0.341 e. The van der Waals surface area contributed by atoms with E-state index in [1.54, 1.807) is 14.0 Å². The van der Waals surface area contributed by atoms with Crippen LogP contribution < -0.4 is 16.6 Å². The molecule has 4 atom stereocenters. The highest BCUT2D eigenvalue weighted by Gasteiger charge is 2.61. The molecule has 0 bridgehead atoms. The number of hydrogen-bond acceptors (Lipinski definition) is 7. The van der Waals surface area contributed by atoms with Gasteiger partial charge in [0.2, 0.25) is 5.60 Å². The maximum absolute atomic E-state index is 12.8. The number of carboxylic acids is 1. The SMILES string of the molecule is CN[C@H]1[C@H](n2cc(C)c(=O)[nH]c2=O)O[C@@](COCc2ccccc2)(C(=O)O)[C@H]1OCc1ccccc1. The first-order valence-electron chi connectivity index (χ1n) is 11.5. The third kappa shape index (κ3) is 5.17. The van der Waals surface area contributed by atoms with Gasteiger partial charge >= 0.3 is 11.7 Å². The second-order valence-electron chi connectivity index (χ2n) is 8.69. The lowest BCUT2D eigenvalue weighted by atomic mass is 9.94. The minimum Gasteiger partial charge on any atom is -0.479 e. The van der Waals surface area contributed by atoms with E-state index in [-0.39, 0.29) is 25.4 Å². The summed E-state index contributed by atoms with van der Waals surface area (Å²) in [5, 5.41) is 13.5. The Labute approximate surface area is 207 Å². The Morgan fingerprint density at radius 2 is 1.69 bits per heavy atom. The zero-order valence-corrected chi connectivity index (χ0v) is 20.0. The highest BCUT2D eigenvalue weighted by molar-refractivity contribution is 5.79. The van der Waals surface area contributed by atoms with Gasteiger partial charge in [0.05, 0.1) is 25.9 Å². The van der Waals surface area contributed by atoms with Gasteiger partial charge in [-0.3, -0.25) is 14.3 Å². The van der Waals surface area contributed by atoms with E-state index in [2.05, 4.69) is 10.3 Å². The lowest BCUT2D eigenvalue weighted by Gasteiger charge is -2.31. The normalized spacial score (nSPS) is 23.6. The topological polar surface area (TPSA) is 132 Å². The van der Waals surface area contributed by atoms with Gasteiger partial charge in [0.25, 0.3) is 5.56 Å². The zero-order valence-electron chi connectivity index (χ0n) is 20.0. The molecule has 3 N–H and O–H groups in total. The molecule has 4 rings (SSSR count). The van der Waals surface area contributed by atoms with Crippen LogP contribution in [0.5, 0.6) is 0 Å². The van der Waals surface area contributed by atoms with E-state index in [1.165, 1.54) is 10.8 Å². The van der Waals surface area contributed by atoms with Crippen molar-refractivity contribution in [3.63, 3.8) is 0 Å². The van der Waals surface area contributed by atoms with E-state index in [1.807, 2.05) is 60.7 Å². The van der Waals surface area contributed by atoms with Gasteiger partial charge in [-0.2, -0.15) is 0 Å². The molecular weight excluding hydrogens is 466 g/mol. The summed E-state index contributed by atoms with van der Waals surface area (Å²) < 4.78 is 19.3. The van der Waals surface area contributed by atoms with Gasteiger partial charge in [-0.15, -0.1) is 0 Å². The van der Waals surface area contributed by atoms with Gasteiger partial charge in [-0.05, 0) is 25.1 Å². The van der Waals surface area contributed by atoms with Gasteiger partial charge in [0.1, 0.15) is 6.10 Å². The number of nitrogens with zero attached hydrogens (tertiary/aromatic N) is 1. The third-order valence-electron chi connectivity index (χ3n) is 6.24. The average molecular weight is 496 g/mol. The van der Waals surface area contributed by atoms with Crippen molar-refractivity contribution in [2.45, 2.75) is 44.1 Å². The standard InChI is InChI=1S/C26H29N3O7/c1-17-13-29(25(33)28-22(17)30)23-20(27-2)21(35-15-19-11-7-4-8-12-19)26(36-23,24(31)32)16-34-14-18-9-5-3-6-10-18/h3-13,20-21,23,27H,14-16H2,1-2H3,(H,31,32)(H,28,30,33)/t20-,21+,23-,26-/m1/s1. The summed E-state index contributed by atoms with van der Waals surface area (Å²) in [7, 11) is 1.63. The molecule has 36 heavy (non-hydrogen) atoms. The summed E-state index contributed by atoms with van der Waals surface area (Å²) >= 11 is 0. The van der Waals surface area contributed by atoms with Crippen LogP contribution in [0.25, 0.3) is 0 Å². The molecule has 3 aromatic rings. The number of hydrogen-bond donors (Lipinski definition) is 3. The van der Waals surface area contributed by atoms with Crippen molar-refractivity contribution < 1.29 is 24.1 Å². The molecule has 2 heterocycles. The molecule has 1 fully saturated rings. The molecule has 1 aliphatic rings. The van der Waals surface area contributed by atoms with E-state index in [0.717, 1.165) is 11.1 Å². The number of aryl methyl sites for hydroxylation is 1. The summed E-state index contributed by atoms with van der Waals surface area (Å²) in [4.78, 5) is 39.6. The van der Waals surface area contributed by atoms with Crippen LogP contribution >= 0.6 is 0 Å². The molecule has 0 spiro atoms. The first kappa shape index (κ1) is 25.5. The number of rotatable bonds is 10. The summed E-state index contributed by atoms with van der Waals surface area (Å²) in [5.74, 6) is -1.29. The number of likely N-dealkylation sites (N-methyl/N-ethyl adjacent to an activating group) is 1. The van der Waals surface area contributed by atoms with Crippen LogP contribution in [0.2, 0.25) is 0 Å². The summed E-state index contributed by atoms with van der Waals surface area (Å²) in [6.07, 6.45) is -0.775. The van der Waals surface area contributed by atoms with Gasteiger partial charge < -0.3 is 24.6 Å². The monoisotopic (exact) mass is 495 g/mol. The number of aromatic amines is 1. The van der Waals surface area contributed by atoms with Crippen molar-refractivity contribution in [3.05, 3.63) is 104 Å². The zero-order chi connectivity index (χ0) is 25.7. The molecule has 10 nitrogen and oxygen atoms in total. The highest BCUT2D eigenvalue weighted by atomic mass is 16.6. The molecule has 10 heteroatoms. The number of ether oxygens (including phenoxy) is 3. The van der Waals surface area contributed by atoms with Gasteiger partial charge in [0.15, 0.2) is 6.23 Å². The Morgan fingerprint density at radius 3 is 2.28 bits per heavy atom. The fourth-order valence-electron chi connectivity index (χ4n) is 4.34. The predicted molar refractivity (Wildman–Crippen MR) is 131 cm³/mol. The van der Waals surface area contributed by atoms with Crippen molar-refractivity contribution in [2.75, 3.05) is 13.7 Å². The van der Waals surface area contributed by atoms with Crippen LogP contribution in [-0.4, -0.2) is 52.0 Å². The Kier molecular flexibility index (Phi) is 7.80. The largest absolute Gasteiger partial charge is 0.479 e. The minimum atomic E-state index is -1.94. The van der Waals surface area contributed by atoms with Crippen LogP contribution in [0, 0.1) is 6.92 Å². The summed E-state index contributed by atoms with van der Waals surface area (Å²) in [6, 6.07) is 17.9. The quantitative estimate of drug-likeness (QED) is 0.386. The molecule has 2 aromatic carbocycles. The number of nitrogens with one attached hydrogen (secondary N) is 2. The van der Waals surface area contributed by atoms with Crippen LogP contribution in [0.4, 0.5) is 0 Å². The number of aromatic nitrogens is 2. The third-order valence-corrected chi connectivity index (χ3v) is 6.24. The Hall–Kier alpha value is -3.57. The van der Waals surface area contributed by atoms with Gasteiger partial charge in [0, 0.05) is 11.8 Å².